The Bertz CT molecular complexity index is 1100. The number of nitrogens with one attached hydrogen (secondary N) is 1. The molecule has 3 rings (SSSR count). The summed E-state index contributed by atoms with van der Waals surface area (Å²) >= 11 is 13.0. The van der Waals surface area contributed by atoms with Crippen molar-refractivity contribution in [2.75, 3.05) is 5.32 Å². The molecule has 0 fully saturated rings. The zero-order valence-electron chi connectivity index (χ0n) is 13.9. The molecular formula is C18H11Cl2N3O4S. The minimum atomic E-state index is -0.730. The summed E-state index contributed by atoms with van der Waals surface area (Å²) in [6.07, 6.45) is 0. The minimum Gasteiger partial charge on any atom is -0.365 e. The molecule has 1 aromatic heterocycles. The lowest BCUT2D eigenvalue weighted by Gasteiger charge is -2.08. The fourth-order valence-electron chi connectivity index (χ4n) is 2.51. The Kier molecular flexibility index (Phi) is 5.64. The number of nitro groups is 1. The zero-order chi connectivity index (χ0) is 20.4. The van der Waals surface area contributed by atoms with E-state index in [0.29, 0.717) is 16.1 Å². The number of anilines is 1. The third-order valence-electron chi connectivity index (χ3n) is 3.83. The molecule has 0 atom stereocenters. The highest BCUT2D eigenvalue weighted by Crippen LogP contribution is 2.36. The van der Waals surface area contributed by atoms with E-state index < -0.39 is 16.7 Å². The molecule has 2 aromatic carbocycles. The first-order valence-corrected chi connectivity index (χ1v) is 9.34. The molecule has 2 amide bonds. The van der Waals surface area contributed by atoms with Crippen LogP contribution in [0.3, 0.4) is 0 Å². The largest absolute Gasteiger partial charge is 0.365 e. The predicted octanol–water partition coefficient (Wildman–Crippen LogP) is 4.98. The third-order valence-corrected chi connectivity index (χ3v) is 5.30. The maximum atomic E-state index is 12.6. The number of nitro benzene ring substituents is 1. The van der Waals surface area contributed by atoms with Gasteiger partial charge in [0.25, 0.3) is 17.5 Å². The zero-order valence-corrected chi connectivity index (χ0v) is 16.3. The van der Waals surface area contributed by atoms with Crippen molar-refractivity contribution in [3.63, 3.8) is 0 Å². The fraction of sp³-hybridized carbons (Fsp3) is 0. The number of primary amides is 1. The number of amides is 2. The number of hydrogen-bond donors (Lipinski definition) is 2. The normalized spacial score (nSPS) is 10.5. The van der Waals surface area contributed by atoms with Crippen LogP contribution < -0.4 is 11.1 Å². The van der Waals surface area contributed by atoms with Gasteiger partial charge in [-0.15, -0.1) is 11.3 Å². The quantitative estimate of drug-likeness (QED) is 0.433. The van der Waals surface area contributed by atoms with E-state index >= 15 is 0 Å². The number of carbonyl (C=O) groups is 2. The first-order valence-electron chi connectivity index (χ1n) is 7.70. The Morgan fingerprint density at radius 1 is 1.11 bits per heavy atom. The number of nitrogens with zero attached hydrogens (tertiary/aromatic N) is 1. The molecule has 0 bridgehead atoms. The van der Waals surface area contributed by atoms with Crippen molar-refractivity contribution in [2.45, 2.75) is 0 Å². The average Bonchev–Trinajstić information content (AvgIpc) is 3.06. The molecule has 3 N–H and O–H groups in total. The molecule has 28 heavy (non-hydrogen) atoms. The lowest BCUT2D eigenvalue weighted by atomic mass is 10.0. The molecule has 0 aliphatic carbocycles. The summed E-state index contributed by atoms with van der Waals surface area (Å²) in [6.45, 7) is 0. The van der Waals surface area contributed by atoms with Crippen LogP contribution in [0.1, 0.15) is 20.7 Å². The van der Waals surface area contributed by atoms with Crippen molar-refractivity contribution < 1.29 is 14.5 Å². The predicted molar refractivity (Wildman–Crippen MR) is 109 cm³/mol. The third kappa shape index (κ3) is 3.99. The maximum absolute atomic E-state index is 12.6. The summed E-state index contributed by atoms with van der Waals surface area (Å²) in [5, 5.41) is 16.0. The number of rotatable bonds is 5. The van der Waals surface area contributed by atoms with Crippen LogP contribution in [0, 0.1) is 10.1 Å². The minimum absolute atomic E-state index is 0.0400. The second-order valence-corrected chi connectivity index (χ2v) is 7.32. The Morgan fingerprint density at radius 3 is 2.39 bits per heavy atom. The van der Waals surface area contributed by atoms with Gasteiger partial charge in [-0.25, -0.2) is 0 Å². The molecule has 0 aliphatic rings. The summed E-state index contributed by atoms with van der Waals surface area (Å²) < 4.78 is 0. The van der Waals surface area contributed by atoms with Crippen LogP contribution in [0.15, 0.2) is 47.8 Å². The Balaban J connectivity index is 1.98. The maximum Gasteiger partial charge on any atom is 0.270 e. The Morgan fingerprint density at radius 2 is 1.79 bits per heavy atom. The number of halogens is 2. The van der Waals surface area contributed by atoms with Crippen LogP contribution in [0.5, 0.6) is 0 Å². The van der Waals surface area contributed by atoms with Gasteiger partial charge in [0.1, 0.15) is 5.00 Å². The van der Waals surface area contributed by atoms with E-state index in [9.17, 15) is 19.7 Å². The highest BCUT2D eigenvalue weighted by molar-refractivity contribution is 7.15. The first-order chi connectivity index (χ1) is 13.3. The van der Waals surface area contributed by atoms with Crippen LogP contribution in [0.25, 0.3) is 11.1 Å². The van der Waals surface area contributed by atoms with Crippen molar-refractivity contribution in [3.05, 3.63) is 79.1 Å². The van der Waals surface area contributed by atoms with Gasteiger partial charge in [0.2, 0.25) is 0 Å². The Hall–Kier alpha value is -2.94. The van der Waals surface area contributed by atoms with Gasteiger partial charge >= 0.3 is 0 Å². The van der Waals surface area contributed by atoms with Crippen LogP contribution in [-0.4, -0.2) is 16.7 Å². The van der Waals surface area contributed by atoms with Gasteiger partial charge in [-0.2, -0.15) is 0 Å². The van der Waals surface area contributed by atoms with Crippen molar-refractivity contribution in [1.29, 1.82) is 0 Å². The summed E-state index contributed by atoms with van der Waals surface area (Å²) in [5.74, 6) is -1.42. The lowest BCUT2D eigenvalue weighted by Crippen LogP contribution is -2.17. The topological polar surface area (TPSA) is 115 Å². The van der Waals surface area contributed by atoms with Crippen molar-refractivity contribution in [3.8, 4) is 11.1 Å². The molecule has 0 saturated carbocycles. The smallest absolute Gasteiger partial charge is 0.270 e. The summed E-state index contributed by atoms with van der Waals surface area (Å²) in [4.78, 5) is 34.9. The van der Waals surface area contributed by atoms with Crippen molar-refractivity contribution in [1.82, 2.24) is 0 Å². The van der Waals surface area contributed by atoms with Crippen molar-refractivity contribution in [2.24, 2.45) is 5.73 Å². The van der Waals surface area contributed by atoms with E-state index in [1.807, 2.05) is 0 Å². The number of benzene rings is 2. The molecular weight excluding hydrogens is 425 g/mol. The van der Waals surface area contributed by atoms with E-state index in [1.165, 1.54) is 12.1 Å². The molecule has 142 valence electrons. The van der Waals surface area contributed by atoms with Crippen LogP contribution >= 0.6 is 34.5 Å². The molecule has 3 aromatic rings. The van der Waals surface area contributed by atoms with Gasteiger partial charge < -0.3 is 11.1 Å². The SMILES string of the molecule is NC(=O)c1c(-c2ccc(Cl)cc2)csc1NC(=O)c1cc([N+](=O)[O-])ccc1Cl. The average molecular weight is 436 g/mol. The second kappa shape index (κ2) is 7.97. The second-order valence-electron chi connectivity index (χ2n) is 5.60. The number of hydrogen-bond acceptors (Lipinski definition) is 5. The highest BCUT2D eigenvalue weighted by atomic mass is 35.5. The van der Waals surface area contributed by atoms with Crippen molar-refractivity contribution >= 4 is 57.0 Å². The number of non-ortho nitro benzene ring substituents is 1. The monoisotopic (exact) mass is 435 g/mol. The molecule has 0 radical (unpaired) electrons. The summed E-state index contributed by atoms with van der Waals surface area (Å²) in [5.41, 5.74) is 6.50. The number of nitrogens with two attached hydrogens (primary N) is 1. The van der Waals surface area contributed by atoms with Gasteiger partial charge in [-0.3, -0.25) is 19.7 Å². The number of thiophene rings is 1. The molecule has 0 aliphatic heterocycles. The summed E-state index contributed by atoms with van der Waals surface area (Å²) in [7, 11) is 0. The molecule has 0 saturated heterocycles. The molecule has 0 unspecified atom stereocenters. The lowest BCUT2D eigenvalue weighted by molar-refractivity contribution is -0.384. The van der Waals surface area contributed by atoms with Gasteiger partial charge in [0, 0.05) is 28.1 Å². The molecule has 1 heterocycles. The highest BCUT2D eigenvalue weighted by Gasteiger charge is 2.22. The van der Waals surface area contributed by atoms with Crippen LogP contribution in [0.2, 0.25) is 10.0 Å². The van der Waals surface area contributed by atoms with E-state index in [2.05, 4.69) is 5.32 Å². The van der Waals surface area contributed by atoms with Gasteiger partial charge in [-0.1, -0.05) is 35.3 Å². The first kappa shape index (κ1) is 19.8. The molecule has 7 nitrogen and oxygen atoms in total. The fourth-order valence-corrected chi connectivity index (χ4v) is 3.81. The van der Waals surface area contributed by atoms with Crippen LogP contribution in [-0.2, 0) is 0 Å². The van der Waals surface area contributed by atoms with E-state index in [1.54, 1.807) is 29.6 Å². The van der Waals surface area contributed by atoms with Gasteiger partial charge in [-0.05, 0) is 23.8 Å². The van der Waals surface area contributed by atoms with E-state index in [4.69, 9.17) is 28.9 Å². The van der Waals surface area contributed by atoms with E-state index in [-0.39, 0.29) is 26.8 Å². The Labute approximate surface area is 172 Å². The standard InChI is InChI=1S/C18H11Cl2N3O4S/c19-10-3-1-9(2-4-10)13-8-28-18(15(13)16(21)24)22-17(25)12-7-11(23(26)27)5-6-14(12)20/h1-8H,(H2,21,24)(H,22,25). The van der Waals surface area contributed by atoms with Crippen LogP contribution in [0.4, 0.5) is 10.7 Å². The van der Waals surface area contributed by atoms with Gasteiger partial charge in [0.15, 0.2) is 0 Å². The van der Waals surface area contributed by atoms with Gasteiger partial charge in [0.05, 0.1) is 21.1 Å². The van der Waals surface area contributed by atoms with E-state index in [0.717, 1.165) is 17.4 Å². The molecule has 10 heteroatoms. The summed E-state index contributed by atoms with van der Waals surface area (Å²) in [6, 6.07) is 10.3. The number of carbonyl (C=O) groups excluding carboxylic acids is 2. The molecule has 0 spiro atoms.